The van der Waals surface area contributed by atoms with Crippen molar-refractivity contribution >= 4 is 21.4 Å². The van der Waals surface area contributed by atoms with Crippen molar-refractivity contribution in [1.29, 1.82) is 0 Å². The Morgan fingerprint density at radius 3 is 2.32 bits per heavy atom. The van der Waals surface area contributed by atoms with E-state index < -0.39 is 32.4 Å². The Labute approximate surface area is 176 Å². The van der Waals surface area contributed by atoms with Gasteiger partial charge in [0.25, 0.3) is 5.69 Å². The molecule has 1 fully saturated rings. The number of ether oxygens (including phenoxy) is 1. The molecule has 0 aliphatic carbocycles. The van der Waals surface area contributed by atoms with Crippen molar-refractivity contribution in [1.82, 2.24) is 4.31 Å². The van der Waals surface area contributed by atoms with Crippen LogP contribution in [0, 0.1) is 10.1 Å². The highest BCUT2D eigenvalue weighted by molar-refractivity contribution is 7.89. The third-order valence-corrected chi connectivity index (χ3v) is 6.68. The van der Waals surface area contributed by atoms with Gasteiger partial charge in [0.1, 0.15) is 5.69 Å². The molecule has 1 aliphatic heterocycles. The van der Waals surface area contributed by atoms with E-state index in [0.717, 1.165) is 18.2 Å². The number of nitrogens with one attached hydrogen (secondary N) is 1. The van der Waals surface area contributed by atoms with Gasteiger partial charge in [-0.1, -0.05) is 12.1 Å². The fraction of sp³-hybridized carbons (Fsp3) is 0.368. The first-order valence-corrected chi connectivity index (χ1v) is 10.8. The SMILES string of the molecule is O=[N+]([O-])c1cc(S(=O)(=O)N2CCOCC2)ccc1NCCc1ccc(C(F)(F)F)cc1. The highest BCUT2D eigenvalue weighted by atomic mass is 32.2. The van der Waals surface area contributed by atoms with Crippen molar-refractivity contribution in [3.05, 3.63) is 63.7 Å². The molecule has 0 spiro atoms. The van der Waals surface area contributed by atoms with E-state index in [1.165, 1.54) is 28.6 Å². The molecule has 0 atom stereocenters. The molecule has 0 radical (unpaired) electrons. The maximum atomic E-state index is 12.7. The van der Waals surface area contributed by atoms with Crippen molar-refractivity contribution in [2.45, 2.75) is 17.5 Å². The van der Waals surface area contributed by atoms with Crippen molar-refractivity contribution < 1.29 is 31.2 Å². The van der Waals surface area contributed by atoms with Crippen LogP contribution in [-0.4, -0.2) is 50.5 Å². The molecular weight excluding hydrogens is 439 g/mol. The Hall–Kier alpha value is -2.70. The Kier molecular flexibility index (Phi) is 6.82. The lowest BCUT2D eigenvalue weighted by molar-refractivity contribution is -0.384. The molecule has 8 nitrogen and oxygen atoms in total. The van der Waals surface area contributed by atoms with Gasteiger partial charge in [-0.3, -0.25) is 10.1 Å². The number of anilines is 1. The summed E-state index contributed by atoms with van der Waals surface area (Å²) in [5, 5.41) is 14.3. The Balaban J connectivity index is 1.71. The van der Waals surface area contributed by atoms with E-state index in [1.807, 2.05) is 0 Å². The van der Waals surface area contributed by atoms with Crippen molar-refractivity contribution in [2.24, 2.45) is 0 Å². The highest BCUT2D eigenvalue weighted by Crippen LogP contribution is 2.30. The lowest BCUT2D eigenvalue weighted by Gasteiger charge is -2.26. The quantitative estimate of drug-likeness (QED) is 0.504. The van der Waals surface area contributed by atoms with Gasteiger partial charge in [0, 0.05) is 25.7 Å². The van der Waals surface area contributed by atoms with Gasteiger partial charge in [0.15, 0.2) is 0 Å². The first-order chi connectivity index (χ1) is 14.6. The zero-order valence-electron chi connectivity index (χ0n) is 16.3. The van der Waals surface area contributed by atoms with Gasteiger partial charge in [-0.2, -0.15) is 17.5 Å². The second kappa shape index (κ2) is 9.20. The summed E-state index contributed by atoms with van der Waals surface area (Å²) in [4.78, 5) is 10.6. The number of nitro groups is 1. The summed E-state index contributed by atoms with van der Waals surface area (Å²) < 4.78 is 69.6. The van der Waals surface area contributed by atoms with Crippen LogP contribution in [0.4, 0.5) is 24.5 Å². The molecule has 31 heavy (non-hydrogen) atoms. The summed E-state index contributed by atoms with van der Waals surface area (Å²) in [7, 11) is -3.89. The van der Waals surface area contributed by atoms with E-state index in [1.54, 1.807) is 0 Å². The number of alkyl halides is 3. The molecular formula is C19H20F3N3O5S. The minimum atomic E-state index is -4.42. The fourth-order valence-electron chi connectivity index (χ4n) is 3.11. The molecule has 12 heteroatoms. The smallest absolute Gasteiger partial charge is 0.379 e. The monoisotopic (exact) mass is 459 g/mol. The molecule has 0 amide bonds. The molecule has 3 rings (SSSR count). The Bertz CT molecular complexity index is 1040. The molecule has 1 saturated heterocycles. The lowest BCUT2D eigenvalue weighted by Crippen LogP contribution is -2.40. The van der Waals surface area contributed by atoms with Crippen molar-refractivity contribution in [3.63, 3.8) is 0 Å². The number of sulfonamides is 1. The minimum absolute atomic E-state index is 0.123. The summed E-state index contributed by atoms with van der Waals surface area (Å²) in [6.07, 6.45) is -4.09. The standard InChI is InChI=1S/C19H20F3N3O5S/c20-19(21,22)15-3-1-14(2-4-15)7-8-23-17-6-5-16(13-18(17)25(26)27)31(28,29)24-9-11-30-12-10-24/h1-6,13,23H,7-12H2. The van der Waals surface area contributed by atoms with E-state index in [4.69, 9.17) is 4.74 Å². The van der Waals surface area contributed by atoms with Gasteiger partial charge in [-0.05, 0) is 36.2 Å². The molecule has 2 aromatic rings. The third kappa shape index (κ3) is 5.51. The van der Waals surface area contributed by atoms with E-state index in [0.29, 0.717) is 12.0 Å². The third-order valence-electron chi connectivity index (χ3n) is 4.78. The zero-order chi connectivity index (χ0) is 22.6. The number of benzene rings is 2. The first kappa shape index (κ1) is 23.0. The van der Waals surface area contributed by atoms with Gasteiger partial charge in [-0.15, -0.1) is 0 Å². The normalized spacial score (nSPS) is 15.6. The van der Waals surface area contributed by atoms with Crippen LogP contribution in [0.2, 0.25) is 0 Å². The first-order valence-electron chi connectivity index (χ1n) is 9.35. The summed E-state index contributed by atoms with van der Waals surface area (Å²) in [5.41, 5.74) is -0.411. The van der Waals surface area contributed by atoms with Crippen LogP contribution in [0.3, 0.4) is 0 Å². The van der Waals surface area contributed by atoms with Crippen LogP contribution in [0.15, 0.2) is 47.4 Å². The second-order valence-corrected chi connectivity index (χ2v) is 8.76. The predicted octanol–water partition coefficient (Wildman–Crippen LogP) is 3.29. The Morgan fingerprint density at radius 1 is 1.10 bits per heavy atom. The molecule has 1 aliphatic rings. The zero-order valence-corrected chi connectivity index (χ0v) is 17.1. The molecule has 0 unspecified atom stereocenters. The van der Waals surface area contributed by atoms with Crippen LogP contribution in [0.1, 0.15) is 11.1 Å². The maximum Gasteiger partial charge on any atom is 0.416 e. The molecule has 0 bridgehead atoms. The Morgan fingerprint density at radius 2 is 1.74 bits per heavy atom. The summed E-state index contributed by atoms with van der Waals surface area (Å²) in [6.45, 7) is 1.06. The molecule has 1 N–H and O–H groups in total. The van der Waals surface area contributed by atoms with Crippen LogP contribution < -0.4 is 5.32 Å². The van der Waals surface area contributed by atoms with Crippen LogP contribution in [0.5, 0.6) is 0 Å². The number of morpholine rings is 1. The highest BCUT2D eigenvalue weighted by Gasteiger charge is 2.30. The van der Waals surface area contributed by atoms with Gasteiger partial charge in [0.05, 0.1) is 28.6 Å². The van der Waals surface area contributed by atoms with Crippen molar-refractivity contribution in [3.8, 4) is 0 Å². The van der Waals surface area contributed by atoms with Gasteiger partial charge >= 0.3 is 6.18 Å². The van der Waals surface area contributed by atoms with E-state index in [-0.39, 0.29) is 43.4 Å². The number of hydrogen-bond acceptors (Lipinski definition) is 6. The summed E-state index contributed by atoms with van der Waals surface area (Å²) in [6, 6.07) is 8.25. The fourth-order valence-corrected chi connectivity index (χ4v) is 4.54. The number of halogens is 3. The maximum absolute atomic E-state index is 12.7. The lowest BCUT2D eigenvalue weighted by atomic mass is 10.1. The molecule has 0 aromatic heterocycles. The van der Waals surface area contributed by atoms with Crippen molar-refractivity contribution in [2.75, 3.05) is 38.2 Å². The van der Waals surface area contributed by atoms with Crippen LogP contribution in [-0.2, 0) is 27.4 Å². The molecule has 1 heterocycles. The topological polar surface area (TPSA) is 102 Å². The van der Waals surface area contributed by atoms with E-state index in [9.17, 15) is 31.7 Å². The van der Waals surface area contributed by atoms with Gasteiger partial charge < -0.3 is 10.1 Å². The molecule has 2 aromatic carbocycles. The average Bonchev–Trinajstić information content (AvgIpc) is 2.74. The minimum Gasteiger partial charge on any atom is -0.379 e. The average molecular weight is 459 g/mol. The molecule has 168 valence electrons. The van der Waals surface area contributed by atoms with Gasteiger partial charge in [-0.25, -0.2) is 8.42 Å². The number of nitro benzene ring substituents is 1. The molecule has 0 saturated carbocycles. The predicted molar refractivity (Wildman–Crippen MR) is 106 cm³/mol. The van der Waals surface area contributed by atoms with Crippen LogP contribution >= 0.6 is 0 Å². The van der Waals surface area contributed by atoms with Gasteiger partial charge in [0.2, 0.25) is 10.0 Å². The largest absolute Gasteiger partial charge is 0.416 e. The number of rotatable bonds is 7. The summed E-state index contributed by atoms with van der Waals surface area (Å²) in [5.74, 6) is 0. The number of nitrogens with zero attached hydrogens (tertiary/aromatic N) is 2. The second-order valence-electron chi connectivity index (χ2n) is 6.82. The number of hydrogen-bond donors (Lipinski definition) is 1. The van der Waals surface area contributed by atoms with E-state index >= 15 is 0 Å². The van der Waals surface area contributed by atoms with E-state index in [2.05, 4.69) is 5.32 Å². The summed E-state index contributed by atoms with van der Waals surface area (Å²) >= 11 is 0. The van der Waals surface area contributed by atoms with Crippen LogP contribution in [0.25, 0.3) is 0 Å².